The van der Waals surface area contributed by atoms with Gasteiger partial charge in [-0.2, -0.15) is 0 Å². The molecule has 34 heavy (non-hydrogen) atoms. The maximum atomic E-state index is 11.9. The van der Waals surface area contributed by atoms with Crippen molar-refractivity contribution < 1.29 is 14.7 Å². The lowest BCUT2D eigenvalue weighted by molar-refractivity contribution is -0.129. The van der Waals surface area contributed by atoms with Gasteiger partial charge in [-0.15, -0.1) is 0 Å². The number of fused-ring (bicyclic) bond motifs is 2. The Labute approximate surface area is 206 Å². The smallest absolute Gasteiger partial charge is 0.245 e. The number of nitrogens with zero attached hydrogens (tertiary/aromatic N) is 2. The molecule has 0 fully saturated rings. The number of carbonyl (C=O) groups excluding carboxylic acids is 1. The summed E-state index contributed by atoms with van der Waals surface area (Å²) >= 11 is 7.78. The monoisotopic (exact) mass is 491 g/mol. The number of hydroxylamine groups is 1. The SMILES string of the molecule is Cc1cc(COc2ccc(N3Sc4ccccc4C3CC(=O)NO)cc2)c2cc(Cl)ccc2n1. The maximum absolute atomic E-state index is 11.9. The summed E-state index contributed by atoms with van der Waals surface area (Å²) in [6.45, 7) is 2.36. The van der Waals surface area contributed by atoms with Crippen LogP contribution in [-0.2, 0) is 11.4 Å². The van der Waals surface area contributed by atoms with Crippen molar-refractivity contribution in [3.63, 3.8) is 0 Å². The Morgan fingerprint density at radius 2 is 1.94 bits per heavy atom. The van der Waals surface area contributed by atoms with Crippen molar-refractivity contribution in [2.45, 2.75) is 30.9 Å². The average Bonchev–Trinajstić information content (AvgIpc) is 3.21. The Morgan fingerprint density at radius 3 is 2.74 bits per heavy atom. The molecule has 1 aliphatic rings. The molecular formula is C26H22ClN3O3S. The van der Waals surface area contributed by atoms with Crippen molar-refractivity contribution in [2.75, 3.05) is 4.31 Å². The van der Waals surface area contributed by atoms with E-state index in [1.807, 2.05) is 79.7 Å². The minimum absolute atomic E-state index is 0.149. The van der Waals surface area contributed by atoms with E-state index in [9.17, 15) is 4.79 Å². The molecule has 0 saturated heterocycles. The molecule has 2 N–H and O–H groups in total. The van der Waals surface area contributed by atoms with Crippen LogP contribution in [0.3, 0.4) is 0 Å². The van der Waals surface area contributed by atoms with Gasteiger partial charge < -0.3 is 9.04 Å². The summed E-state index contributed by atoms with van der Waals surface area (Å²) < 4.78 is 8.18. The Kier molecular flexibility index (Phi) is 6.32. The molecule has 1 amide bonds. The van der Waals surface area contributed by atoms with Crippen molar-refractivity contribution in [1.29, 1.82) is 0 Å². The van der Waals surface area contributed by atoms with Crippen LogP contribution in [0.2, 0.25) is 5.02 Å². The van der Waals surface area contributed by atoms with Gasteiger partial charge in [0, 0.05) is 32.2 Å². The Bertz CT molecular complexity index is 1360. The molecular weight excluding hydrogens is 470 g/mol. The van der Waals surface area contributed by atoms with Crippen molar-refractivity contribution in [3.05, 3.63) is 94.6 Å². The molecule has 1 aliphatic heterocycles. The van der Waals surface area contributed by atoms with Crippen LogP contribution < -0.4 is 14.5 Å². The number of benzene rings is 3. The molecule has 0 saturated carbocycles. The number of halogens is 1. The van der Waals surface area contributed by atoms with Crippen LogP contribution in [-0.4, -0.2) is 16.1 Å². The minimum Gasteiger partial charge on any atom is -0.489 e. The van der Waals surface area contributed by atoms with Crippen LogP contribution >= 0.6 is 23.5 Å². The second-order valence-electron chi connectivity index (χ2n) is 8.08. The summed E-state index contributed by atoms with van der Waals surface area (Å²) in [5, 5.41) is 10.7. The van der Waals surface area contributed by atoms with Gasteiger partial charge in [0.05, 0.1) is 18.0 Å². The number of anilines is 1. The fourth-order valence-electron chi connectivity index (χ4n) is 4.17. The first-order valence-corrected chi connectivity index (χ1v) is 11.9. The standard InChI is InChI=1S/C26H22ClN3O3S/c1-16-12-17(22-13-18(27)6-11-23(22)28-16)15-33-20-9-7-19(8-10-20)30-24(14-26(31)29-32)21-4-2-3-5-25(21)34-30/h2-13,24,32H,14-15H2,1H3,(H,29,31). The highest BCUT2D eigenvalue weighted by Crippen LogP contribution is 2.48. The highest BCUT2D eigenvalue weighted by molar-refractivity contribution is 8.01. The Morgan fingerprint density at radius 1 is 1.15 bits per heavy atom. The number of amides is 1. The molecule has 2 heterocycles. The fourth-order valence-corrected chi connectivity index (χ4v) is 5.54. The van der Waals surface area contributed by atoms with Gasteiger partial charge >= 0.3 is 0 Å². The second kappa shape index (κ2) is 9.54. The van der Waals surface area contributed by atoms with Crippen molar-refractivity contribution in [2.24, 2.45) is 0 Å². The number of carbonyl (C=O) groups is 1. The van der Waals surface area contributed by atoms with E-state index in [0.717, 1.165) is 44.1 Å². The van der Waals surface area contributed by atoms with E-state index in [1.54, 1.807) is 17.4 Å². The van der Waals surface area contributed by atoms with E-state index < -0.39 is 5.91 Å². The molecule has 8 heteroatoms. The molecule has 1 aromatic heterocycles. The van der Waals surface area contributed by atoms with Crippen LogP contribution in [0.15, 0.2) is 77.7 Å². The maximum Gasteiger partial charge on any atom is 0.245 e. The Hall–Kier alpha value is -3.26. The molecule has 4 aromatic rings. The van der Waals surface area contributed by atoms with Crippen LogP contribution in [0.25, 0.3) is 10.9 Å². The third kappa shape index (κ3) is 4.55. The quantitative estimate of drug-likeness (QED) is 0.189. The van der Waals surface area contributed by atoms with Gasteiger partial charge in [-0.25, -0.2) is 5.48 Å². The summed E-state index contributed by atoms with van der Waals surface area (Å²) in [5.41, 5.74) is 6.60. The summed E-state index contributed by atoms with van der Waals surface area (Å²) in [4.78, 5) is 17.6. The highest BCUT2D eigenvalue weighted by Gasteiger charge is 2.33. The molecule has 0 aliphatic carbocycles. The van der Waals surface area contributed by atoms with Gasteiger partial charge in [0.1, 0.15) is 12.4 Å². The number of hydrogen-bond donors (Lipinski definition) is 2. The van der Waals surface area contributed by atoms with Crippen molar-refractivity contribution >= 4 is 46.0 Å². The number of ether oxygens (including phenoxy) is 1. The van der Waals surface area contributed by atoms with E-state index >= 15 is 0 Å². The normalized spacial score (nSPS) is 14.8. The van der Waals surface area contributed by atoms with E-state index in [-0.39, 0.29) is 12.5 Å². The average molecular weight is 492 g/mol. The van der Waals surface area contributed by atoms with Crippen LogP contribution in [0.5, 0.6) is 5.75 Å². The van der Waals surface area contributed by atoms with Crippen LogP contribution in [0.4, 0.5) is 5.69 Å². The predicted molar refractivity (Wildman–Crippen MR) is 134 cm³/mol. The molecule has 3 aromatic carbocycles. The summed E-state index contributed by atoms with van der Waals surface area (Å²) in [5.74, 6) is 0.312. The molecule has 172 valence electrons. The van der Waals surface area contributed by atoms with Gasteiger partial charge in [-0.1, -0.05) is 29.8 Å². The number of nitrogens with one attached hydrogen (secondary N) is 1. The molecule has 1 unspecified atom stereocenters. The molecule has 1 atom stereocenters. The lowest BCUT2D eigenvalue weighted by Crippen LogP contribution is -2.26. The third-order valence-electron chi connectivity index (χ3n) is 5.73. The number of hydrogen-bond acceptors (Lipinski definition) is 6. The first kappa shape index (κ1) is 22.5. The number of rotatable bonds is 6. The van der Waals surface area contributed by atoms with E-state index in [2.05, 4.69) is 9.29 Å². The Balaban J connectivity index is 1.35. The van der Waals surface area contributed by atoms with E-state index in [1.165, 1.54) is 0 Å². The summed E-state index contributed by atoms with van der Waals surface area (Å²) in [7, 11) is 0. The van der Waals surface area contributed by atoms with Gasteiger partial charge in [-0.05, 0) is 79.0 Å². The van der Waals surface area contributed by atoms with Gasteiger partial charge in [0.2, 0.25) is 5.91 Å². The first-order chi connectivity index (χ1) is 16.5. The van der Waals surface area contributed by atoms with E-state index in [4.69, 9.17) is 21.5 Å². The highest BCUT2D eigenvalue weighted by atomic mass is 35.5. The zero-order valence-electron chi connectivity index (χ0n) is 18.4. The summed E-state index contributed by atoms with van der Waals surface area (Å²) in [6, 6.07) is 23.3. The van der Waals surface area contributed by atoms with Gasteiger partial charge in [0.15, 0.2) is 0 Å². The largest absolute Gasteiger partial charge is 0.489 e. The fraction of sp³-hybridized carbons (Fsp3) is 0.154. The molecule has 0 spiro atoms. The van der Waals surface area contributed by atoms with Crippen LogP contribution in [0.1, 0.15) is 29.3 Å². The predicted octanol–water partition coefficient (Wildman–Crippen LogP) is 6.24. The van der Waals surface area contributed by atoms with Crippen molar-refractivity contribution in [1.82, 2.24) is 10.5 Å². The summed E-state index contributed by atoms with van der Waals surface area (Å²) in [6.07, 6.45) is 0.149. The lowest BCUT2D eigenvalue weighted by Gasteiger charge is -2.25. The van der Waals surface area contributed by atoms with Gasteiger partial charge in [0.25, 0.3) is 0 Å². The first-order valence-electron chi connectivity index (χ1n) is 10.8. The second-order valence-corrected chi connectivity index (χ2v) is 9.53. The molecule has 0 radical (unpaired) electrons. The van der Waals surface area contributed by atoms with Crippen molar-refractivity contribution in [3.8, 4) is 5.75 Å². The topological polar surface area (TPSA) is 74.7 Å². The zero-order valence-corrected chi connectivity index (χ0v) is 19.9. The number of pyridine rings is 1. The third-order valence-corrected chi connectivity index (χ3v) is 7.20. The lowest BCUT2D eigenvalue weighted by atomic mass is 10.0. The molecule has 0 bridgehead atoms. The number of aromatic nitrogens is 1. The van der Waals surface area contributed by atoms with E-state index in [0.29, 0.717) is 11.6 Å². The molecule has 5 rings (SSSR count). The number of aryl methyl sites for hydroxylation is 1. The minimum atomic E-state index is -0.424. The van der Waals surface area contributed by atoms with Crippen LogP contribution in [0, 0.1) is 6.92 Å². The zero-order chi connectivity index (χ0) is 23.7. The molecule has 6 nitrogen and oxygen atoms in total. The van der Waals surface area contributed by atoms with Gasteiger partial charge in [-0.3, -0.25) is 15.0 Å².